The molecule has 4 aromatic carbocycles. The van der Waals surface area contributed by atoms with Crippen LogP contribution in [0.5, 0.6) is 34.5 Å². The topological polar surface area (TPSA) is 380 Å². The fourth-order valence-electron chi connectivity index (χ4n) is 17.7. The number of hydrogen-bond acceptors (Lipinski definition) is 25. The molecule has 14 heterocycles. The van der Waals surface area contributed by atoms with Crippen molar-refractivity contribution < 1.29 is 108 Å². The lowest BCUT2D eigenvalue weighted by Crippen LogP contribution is -2.42. The lowest BCUT2D eigenvalue weighted by molar-refractivity contribution is 0.0971. The van der Waals surface area contributed by atoms with Crippen molar-refractivity contribution in [1.29, 1.82) is 0 Å². The molecule has 0 bridgehead atoms. The lowest BCUT2D eigenvalue weighted by Gasteiger charge is -2.28. The van der Waals surface area contributed by atoms with Crippen molar-refractivity contribution in [3.05, 3.63) is 226 Å². The highest BCUT2D eigenvalue weighted by atomic mass is 32.2. The van der Waals surface area contributed by atoms with E-state index in [-0.39, 0.29) is 102 Å². The first kappa shape index (κ1) is 101. The molecule has 8 aliphatic rings. The number of aromatic nitrogens is 8. The van der Waals surface area contributed by atoms with Crippen LogP contribution < -0.4 is 66.9 Å². The number of carbonyl (C=O) groups excluding carboxylic acids is 4. The maximum atomic E-state index is 16.0. The minimum absolute atomic E-state index is 0.0106. The summed E-state index contributed by atoms with van der Waals surface area (Å²) in [5.41, 5.74) is 6.25. The van der Waals surface area contributed by atoms with Crippen LogP contribution in [0.25, 0.3) is 22.1 Å². The van der Waals surface area contributed by atoms with Gasteiger partial charge in [-0.05, 0) is 212 Å². The van der Waals surface area contributed by atoms with Crippen LogP contribution in [0.2, 0.25) is 0 Å². The zero-order valence-corrected chi connectivity index (χ0v) is 82.9. The number of benzene rings is 4. The van der Waals surface area contributed by atoms with E-state index in [2.05, 4.69) is 50.2 Å². The summed E-state index contributed by atoms with van der Waals surface area (Å²) in [7, 11) is -12.1. The van der Waals surface area contributed by atoms with Crippen LogP contribution in [0.1, 0.15) is 201 Å². The van der Waals surface area contributed by atoms with Gasteiger partial charge in [0, 0.05) is 124 Å². The van der Waals surface area contributed by atoms with Gasteiger partial charge in [-0.1, -0.05) is 13.8 Å². The molecule has 4 N–H and O–H groups in total. The number of anilines is 4. The predicted molar refractivity (Wildman–Crippen MR) is 521 cm³/mol. The van der Waals surface area contributed by atoms with Gasteiger partial charge in [-0.2, -0.15) is 45.8 Å². The number of amides is 4. The molecule has 6 fully saturated rings. The Hall–Kier alpha value is -13.2. The highest BCUT2D eigenvalue weighted by Gasteiger charge is 2.43. The lowest BCUT2D eigenvalue weighted by atomic mass is 10.0. The zero-order valence-electron chi connectivity index (χ0n) is 79.7. The number of sulfonamides is 1. The second kappa shape index (κ2) is 40.9. The Morgan fingerprint density at radius 2 is 0.916 bits per heavy atom. The third kappa shape index (κ3) is 21.7. The van der Waals surface area contributed by atoms with Crippen LogP contribution in [0.3, 0.4) is 0 Å². The van der Waals surface area contributed by atoms with Gasteiger partial charge in [-0.15, -0.1) is 0 Å². The van der Waals surface area contributed by atoms with E-state index in [1.165, 1.54) is 122 Å². The Balaban J connectivity index is 0.000000131. The van der Waals surface area contributed by atoms with Crippen LogP contribution >= 0.6 is 0 Å². The van der Waals surface area contributed by atoms with Crippen molar-refractivity contribution in [2.45, 2.75) is 165 Å². The van der Waals surface area contributed by atoms with Crippen LogP contribution in [0.15, 0.2) is 153 Å². The third-order valence-electron chi connectivity index (χ3n) is 26.3. The van der Waals surface area contributed by atoms with Crippen molar-refractivity contribution in [2.75, 3.05) is 106 Å². The van der Waals surface area contributed by atoms with E-state index in [1.807, 2.05) is 40.0 Å². The maximum absolute atomic E-state index is 16.0. The summed E-state index contributed by atoms with van der Waals surface area (Å²) in [6, 6.07) is 26.0. The van der Waals surface area contributed by atoms with Crippen LogP contribution in [0.4, 0.5) is 53.5 Å². The van der Waals surface area contributed by atoms with Gasteiger partial charge in [-0.25, -0.2) is 75.6 Å². The van der Waals surface area contributed by atoms with Crippen LogP contribution in [-0.2, 0) is 40.1 Å². The average Bonchev–Trinajstić information content (AvgIpc) is 1.60. The standard InChI is InChI=1S/C26H30F2N4O4S.C24H26F3N5O4S.C24H27FN4O4S.C23H26FN5O5S/c1-26(2,3)37(34,35)30-25(33)21-13-29-32-9-8-19(12-23(21)32)31-14-18(28)11-22(31)20-10-17(27)6-7-24(20)36-15-16-4-5-16;1-3-30(2)37(34,35)29-24(33)18-12-28-32-9-8-19(22(27)23(18)32)31-13-15(26)11-20(31)17-10-14(25)4-7-21(17)36-16-5-6-16;1-15(2)34(3,31)27-24(30)18-14-26-29-8-6-17(13-21(18)29)28-7-4-5-20(28)16-11-19(25)23-22(12-16)32-9-10-33-23;1-3-27(2)35(31,32)26-23(30)17-14-25-29-8-6-16(13-20(17)29)28-7-4-5-19(28)15-11-18(24)22-21(12-15)33-9-10-34-22/h6-10,12-13,16,18,22H,4-5,11,14-15H2,1-3H3,(H,30,33);4,7-10,12,15-16,20H,3,5-6,11,13H2,1-2H3,(H,29,33);6,8,11-15,20H,3-5,7,9-10H2,1-2H3,(H,27,30,31);6,8,11-14,19H,3-5,7,9-10H2,1-2H3,(H,26,30)/t18-,22+;15-,20+;;19-/m00.1/s1. The molecule has 0 spiro atoms. The summed E-state index contributed by atoms with van der Waals surface area (Å²) < 4.78 is 239. The minimum Gasteiger partial charge on any atom is -0.493 e. The first-order chi connectivity index (χ1) is 68.0. The summed E-state index contributed by atoms with van der Waals surface area (Å²) in [5.74, 6) is 0.466. The Bertz CT molecular complexity index is 7390. The van der Waals surface area contributed by atoms with E-state index in [1.54, 1.807) is 75.1 Å². The summed E-state index contributed by atoms with van der Waals surface area (Å²) in [6.45, 7) is 15.0. The van der Waals surface area contributed by atoms with Gasteiger partial charge in [0.1, 0.15) is 67.4 Å². The highest BCUT2D eigenvalue weighted by molar-refractivity contribution is 7.99. The number of ether oxygens (including phenoxy) is 6. The normalized spacial score (nSPS) is 19.5. The molecule has 143 heavy (non-hydrogen) atoms. The molecule has 7 atom stereocenters. The van der Waals surface area contributed by atoms with Gasteiger partial charge in [-0.3, -0.25) is 23.9 Å². The van der Waals surface area contributed by atoms with Crippen molar-refractivity contribution >= 4 is 114 Å². The summed E-state index contributed by atoms with van der Waals surface area (Å²) in [4.78, 5) is 59.0. The van der Waals surface area contributed by atoms with E-state index in [0.717, 1.165) is 106 Å². The molecule has 35 nitrogen and oxygen atoms in total. The summed E-state index contributed by atoms with van der Waals surface area (Å²) in [5, 5.41) is 16.3. The SMILES string of the molecule is C=S(=O)(NC(=O)c1cnn2ccc(N3CCCC3c3cc(F)c4c(c3)OCCO4)cc12)C(C)C.CC(C)(C)S(=O)(=O)NC(=O)c1cnn2ccc(N3C[C@@H](F)C[C@@H]3c3cc(F)ccc3OCC3CC3)cc12.CCN(C)S(=O)(=O)NC(=O)c1cnn2ccc(N3CCC[C@@H]3c3cc(F)c4c(c3)OCCO4)cc12.CCN(C)S(=O)(=O)NC(=O)c1cnn2ccc(N3C[C@@H](F)C[C@@H]3c3cc(F)ccc3OC3CC3)c(F)c12. The van der Waals surface area contributed by atoms with Crippen molar-refractivity contribution in [1.82, 2.24) is 66.0 Å². The van der Waals surface area contributed by atoms with Gasteiger partial charge < -0.3 is 48.0 Å². The second-order valence-corrected chi connectivity index (χ2v) is 45.9. The Kier molecular flexibility index (Phi) is 29.0. The van der Waals surface area contributed by atoms with Crippen molar-refractivity contribution in [3.63, 3.8) is 0 Å². The first-order valence-electron chi connectivity index (χ1n) is 46.8. The Morgan fingerprint density at radius 1 is 0.497 bits per heavy atom. The van der Waals surface area contributed by atoms with Crippen molar-refractivity contribution in [3.8, 4) is 34.5 Å². The van der Waals surface area contributed by atoms with E-state index in [9.17, 15) is 75.0 Å². The van der Waals surface area contributed by atoms with E-state index in [0.29, 0.717) is 101 Å². The molecular weight excluding hydrogens is 1950 g/mol. The molecule has 6 aliphatic heterocycles. The number of pyridine rings is 4. The number of halogens is 7. The van der Waals surface area contributed by atoms with Crippen LogP contribution in [0, 0.1) is 35.0 Å². The summed E-state index contributed by atoms with van der Waals surface area (Å²) in [6.07, 6.45) is 16.9. The molecule has 46 heteroatoms. The Morgan fingerprint density at radius 3 is 1.38 bits per heavy atom. The van der Waals surface area contributed by atoms with E-state index >= 15 is 4.39 Å². The largest absolute Gasteiger partial charge is 0.493 e. The first-order valence-corrected chi connectivity index (χ1v) is 53.0. The molecule has 762 valence electrons. The fourth-order valence-corrected chi connectivity index (χ4v) is 20.7. The zero-order chi connectivity index (χ0) is 102. The summed E-state index contributed by atoms with van der Waals surface area (Å²) >= 11 is 0. The van der Waals surface area contributed by atoms with Gasteiger partial charge >= 0.3 is 20.4 Å². The van der Waals surface area contributed by atoms with E-state index in [4.69, 9.17) is 28.4 Å². The number of fused-ring (bicyclic) bond motifs is 6. The van der Waals surface area contributed by atoms with Gasteiger partial charge in [0.25, 0.3) is 23.6 Å². The number of nitrogens with zero attached hydrogens (tertiary/aromatic N) is 14. The number of hydrogen-bond donors (Lipinski definition) is 4. The smallest absolute Gasteiger partial charge is 0.303 e. The molecule has 4 amide bonds. The monoisotopic (exact) mass is 2060 g/mol. The number of rotatable bonds is 26. The Labute approximate surface area is 821 Å². The van der Waals surface area contributed by atoms with E-state index < -0.39 is 122 Å². The van der Waals surface area contributed by atoms with Gasteiger partial charge in [0.15, 0.2) is 40.4 Å². The molecule has 20 rings (SSSR count). The maximum Gasteiger partial charge on any atom is 0.303 e. The molecule has 2 saturated carbocycles. The fraction of sp³-hybridized carbons (Fsp3) is 0.412. The quantitative estimate of drug-likeness (QED) is 0.0289. The molecular formula is C97H109F7N18O17S4. The second-order valence-electron chi connectivity index (χ2n) is 37.3. The predicted octanol–water partition coefficient (Wildman–Crippen LogP) is 13.6. The average molecular weight is 2060 g/mol. The highest BCUT2D eigenvalue weighted by Crippen LogP contribution is 2.49. The molecule has 2 unspecified atom stereocenters. The molecule has 2 aliphatic carbocycles. The minimum atomic E-state index is -4.14. The number of alkyl halides is 2. The van der Waals surface area contributed by atoms with Gasteiger partial charge in [0.05, 0.1) is 121 Å². The molecule has 0 radical (unpaired) electrons. The van der Waals surface area contributed by atoms with Crippen LogP contribution in [-0.4, -0.2) is 221 Å². The van der Waals surface area contributed by atoms with Crippen molar-refractivity contribution in [2.24, 2.45) is 5.92 Å². The molecule has 12 aromatic rings. The molecule has 8 aromatic heterocycles. The number of carbonyl (C=O) groups is 4. The molecule has 4 saturated heterocycles. The third-order valence-corrected chi connectivity index (χ3v) is 33.4. The number of nitrogens with one attached hydrogen (secondary N) is 4. The van der Waals surface area contributed by atoms with Gasteiger partial charge in [0.2, 0.25) is 10.0 Å².